The summed E-state index contributed by atoms with van der Waals surface area (Å²) in [6, 6.07) is 13.6. The van der Waals surface area contributed by atoms with E-state index < -0.39 is 24.0 Å². The maximum atomic E-state index is 12.6. The van der Waals surface area contributed by atoms with Crippen LogP contribution in [0.25, 0.3) is 0 Å². The van der Waals surface area contributed by atoms with Gasteiger partial charge in [0.25, 0.3) is 0 Å². The van der Waals surface area contributed by atoms with Gasteiger partial charge in [-0.2, -0.15) is 0 Å². The molecule has 0 aliphatic carbocycles. The molecule has 0 aliphatic heterocycles. The summed E-state index contributed by atoms with van der Waals surface area (Å²) in [5.74, 6) is -1.92. The van der Waals surface area contributed by atoms with Gasteiger partial charge in [-0.3, -0.25) is 9.59 Å². The van der Waals surface area contributed by atoms with E-state index in [2.05, 4.69) is 10.6 Å². The molecule has 0 heterocycles. The average molecular weight is 384 g/mol. The van der Waals surface area contributed by atoms with Gasteiger partial charge in [-0.15, -0.1) is 0 Å². The number of carbonyl (C=O) groups is 3. The van der Waals surface area contributed by atoms with Crippen LogP contribution in [-0.4, -0.2) is 40.1 Å². The van der Waals surface area contributed by atoms with E-state index in [4.69, 9.17) is 0 Å². The average Bonchev–Trinajstić information content (AvgIpc) is 2.66. The van der Waals surface area contributed by atoms with E-state index in [0.29, 0.717) is 12.8 Å². The van der Waals surface area contributed by atoms with Crippen LogP contribution in [0.3, 0.4) is 0 Å². The van der Waals surface area contributed by atoms with Crippen molar-refractivity contribution in [3.8, 4) is 5.75 Å². The number of carboxylic acid groups (broad SMARTS) is 1. The molecule has 2 amide bonds. The quantitative estimate of drug-likeness (QED) is 0.525. The zero-order valence-electron chi connectivity index (χ0n) is 15.6. The number of nitrogens with one attached hydrogen (secondary N) is 2. The summed E-state index contributed by atoms with van der Waals surface area (Å²) in [5.41, 5.74) is 1.68. The van der Waals surface area contributed by atoms with E-state index in [-0.39, 0.29) is 18.1 Å². The van der Waals surface area contributed by atoms with E-state index in [1.807, 2.05) is 6.07 Å². The van der Waals surface area contributed by atoms with Crippen molar-refractivity contribution < 1.29 is 24.6 Å². The summed E-state index contributed by atoms with van der Waals surface area (Å²) >= 11 is 0. The first-order chi connectivity index (χ1) is 13.3. The summed E-state index contributed by atoms with van der Waals surface area (Å²) in [5, 5.41) is 23.9. The van der Waals surface area contributed by atoms with Gasteiger partial charge in [0.05, 0.1) is 0 Å². The zero-order chi connectivity index (χ0) is 20.5. The molecule has 0 spiro atoms. The third-order valence-electron chi connectivity index (χ3n) is 4.25. The topological polar surface area (TPSA) is 116 Å². The number of benzene rings is 2. The summed E-state index contributed by atoms with van der Waals surface area (Å²) in [7, 11) is 0. The van der Waals surface area contributed by atoms with Crippen LogP contribution in [0.1, 0.15) is 24.5 Å². The summed E-state index contributed by atoms with van der Waals surface area (Å²) < 4.78 is 0. The monoisotopic (exact) mass is 384 g/mol. The minimum Gasteiger partial charge on any atom is -0.508 e. The Morgan fingerprint density at radius 2 is 1.54 bits per heavy atom. The van der Waals surface area contributed by atoms with Crippen molar-refractivity contribution >= 4 is 17.8 Å². The van der Waals surface area contributed by atoms with Crippen LogP contribution in [0.2, 0.25) is 0 Å². The Bertz CT molecular complexity index is 805. The van der Waals surface area contributed by atoms with Crippen LogP contribution in [0.15, 0.2) is 54.6 Å². The van der Waals surface area contributed by atoms with Gasteiger partial charge in [0.15, 0.2) is 0 Å². The lowest BCUT2D eigenvalue weighted by Gasteiger charge is -2.21. The minimum absolute atomic E-state index is 0.144. The number of carbonyl (C=O) groups excluding carboxylic acids is 2. The number of amides is 2. The number of hydrogen-bond donors (Lipinski definition) is 4. The van der Waals surface area contributed by atoms with Gasteiger partial charge in [0, 0.05) is 13.3 Å². The lowest BCUT2D eigenvalue weighted by molar-refractivity contribution is -0.142. The second kappa shape index (κ2) is 10.1. The Kier molecular flexibility index (Phi) is 7.56. The third kappa shape index (κ3) is 6.75. The number of rotatable bonds is 9. The minimum atomic E-state index is -1.14. The number of phenols is 1. The van der Waals surface area contributed by atoms with Gasteiger partial charge in [0.2, 0.25) is 11.8 Å². The van der Waals surface area contributed by atoms with E-state index in [0.717, 1.165) is 11.1 Å². The van der Waals surface area contributed by atoms with Crippen molar-refractivity contribution in [1.29, 1.82) is 0 Å². The molecular formula is C21H24N2O5. The molecule has 0 aliphatic rings. The maximum absolute atomic E-state index is 12.6. The molecule has 2 atom stereocenters. The van der Waals surface area contributed by atoms with Gasteiger partial charge in [-0.25, -0.2) is 4.79 Å². The smallest absolute Gasteiger partial charge is 0.326 e. The standard InChI is InChI=1S/C21H24N2O5/c1-14(24)22-18(12-9-15-7-10-17(25)11-8-15)20(26)23-19(21(27)28)13-16-5-3-2-4-6-16/h2-8,10-11,18-19,25H,9,12-13H2,1H3,(H,22,24)(H,23,26)(H,27,28)/t18-,19-/m0/s1. The highest BCUT2D eigenvalue weighted by atomic mass is 16.4. The second-order valence-corrected chi connectivity index (χ2v) is 6.55. The van der Waals surface area contributed by atoms with E-state index in [1.165, 1.54) is 6.92 Å². The Balaban J connectivity index is 2.03. The molecule has 2 rings (SSSR count). The molecule has 148 valence electrons. The van der Waals surface area contributed by atoms with Crippen molar-refractivity contribution in [1.82, 2.24) is 10.6 Å². The van der Waals surface area contributed by atoms with Crippen LogP contribution >= 0.6 is 0 Å². The summed E-state index contributed by atoms with van der Waals surface area (Å²) in [6.45, 7) is 1.31. The molecule has 0 aromatic heterocycles. The summed E-state index contributed by atoms with van der Waals surface area (Å²) in [6.07, 6.45) is 0.926. The highest BCUT2D eigenvalue weighted by molar-refractivity contribution is 5.90. The number of aromatic hydroxyl groups is 1. The molecule has 2 aromatic rings. The molecule has 2 aromatic carbocycles. The number of carboxylic acids is 1. The first-order valence-corrected chi connectivity index (χ1v) is 8.97. The lowest BCUT2D eigenvalue weighted by atomic mass is 10.0. The van der Waals surface area contributed by atoms with Gasteiger partial charge < -0.3 is 20.8 Å². The largest absolute Gasteiger partial charge is 0.508 e. The van der Waals surface area contributed by atoms with E-state index >= 15 is 0 Å². The normalized spacial score (nSPS) is 12.6. The molecule has 0 saturated carbocycles. The van der Waals surface area contributed by atoms with E-state index in [9.17, 15) is 24.6 Å². The van der Waals surface area contributed by atoms with Crippen LogP contribution in [0, 0.1) is 0 Å². The van der Waals surface area contributed by atoms with Gasteiger partial charge in [-0.05, 0) is 36.1 Å². The molecule has 0 radical (unpaired) electrons. The highest BCUT2D eigenvalue weighted by Gasteiger charge is 2.26. The van der Waals surface area contributed by atoms with Crippen LogP contribution in [0.5, 0.6) is 5.75 Å². The van der Waals surface area contributed by atoms with Gasteiger partial charge in [-0.1, -0.05) is 42.5 Å². The Morgan fingerprint density at radius 1 is 0.893 bits per heavy atom. The van der Waals surface area contributed by atoms with Gasteiger partial charge >= 0.3 is 5.97 Å². The molecule has 0 fully saturated rings. The Hall–Kier alpha value is -3.35. The van der Waals surface area contributed by atoms with Crippen molar-refractivity contribution in [3.63, 3.8) is 0 Å². The maximum Gasteiger partial charge on any atom is 0.326 e. The predicted octanol–water partition coefficient (Wildman–Crippen LogP) is 1.64. The number of phenolic OH excluding ortho intramolecular Hbond substituents is 1. The van der Waals surface area contributed by atoms with Crippen LogP contribution < -0.4 is 10.6 Å². The summed E-state index contributed by atoms with van der Waals surface area (Å²) in [4.78, 5) is 35.7. The SMILES string of the molecule is CC(=O)N[C@@H](CCc1ccc(O)cc1)C(=O)N[C@@H](Cc1ccccc1)C(=O)O. The molecule has 7 nitrogen and oxygen atoms in total. The molecule has 28 heavy (non-hydrogen) atoms. The molecular weight excluding hydrogens is 360 g/mol. The molecule has 0 unspecified atom stereocenters. The lowest BCUT2D eigenvalue weighted by Crippen LogP contribution is -2.52. The zero-order valence-corrected chi connectivity index (χ0v) is 15.6. The Labute approximate surface area is 163 Å². The second-order valence-electron chi connectivity index (χ2n) is 6.55. The van der Waals surface area contributed by atoms with Crippen molar-refractivity contribution in [2.75, 3.05) is 0 Å². The van der Waals surface area contributed by atoms with E-state index in [1.54, 1.807) is 48.5 Å². The molecule has 0 saturated heterocycles. The highest BCUT2D eigenvalue weighted by Crippen LogP contribution is 2.12. The van der Waals surface area contributed by atoms with Crippen molar-refractivity contribution in [2.45, 2.75) is 38.3 Å². The number of aryl methyl sites for hydroxylation is 1. The first-order valence-electron chi connectivity index (χ1n) is 8.97. The molecule has 0 bridgehead atoms. The molecule has 4 N–H and O–H groups in total. The Morgan fingerprint density at radius 3 is 2.11 bits per heavy atom. The van der Waals surface area contributed by atoms with Gasteiger partial charge in [0.1, 0.15) is 17.8 Å². The fourth-order valence-corrected chi connectivity index (χ4v) is 2.81. The fourth-order valence-electron chi connectivity index (χ4n) is 2.81. The third-order valence-corrected chi connectivity index (χ3v) is 4.25. The van der Waals surface area contributed by atoms with Crippen molar-refractivity contribution in [2.24, 2.45) is 0 Å². The van der Waals surface area contributed by atoms with Crippen LogP contribution in [-0.2, 0) is 27.2 Å². The number of aliphatic carboxylic acids is 1. The fraction of sp³-hybridized carbons (Fsp3) is 0.286. The number of hydrogen-bond acceptors (Lipinski definition) is 4. The first kappa shape index (κ1) is 21.0. The van der Waals surface area contributed by atoms with Crippen LogP contribution in [0.4, 0.5) is 0 Å². The predicted molar refractivity (Wildman–Crippen MR) is 104 cm³/mol. The molecule has 7 heteroatoms. The van der Waals surface area contributed by atoms with Crippen molar-refractivity contribution in [3.05, 3.63) is 65.7 Å².